The van der Waals surface area contributed by atoms with Crippen molar-refractivity contribution >= 4 is 10.8 Å². The van der Waals surface area contributed by atoms with Gasteiger partial charge in [0.2, 0.25) is 0 Å². The number of hydrogen-bond donors (Lipinski definition) is 0. The van der Waals surface area contributed by atoms with E-state index in [9.17, 15) is 0 Å². The smallest absolute Gasteiger partial charge is 0.0991 e. The summed E-state index contributed by atoms with van der Waals surface area (Å²) < 4.78 is 0. The van der Waals surface area contributed by atoms with E-state index in [1.54, 1.807) is 6.20 Å². The van der Waals surface area contributed by atoms with E-state index >= 15 is 0 Å². The van der Waals surface area contributed by atoms with Gasteiger partial charge < -0.3 is 0 Å². The molecule has 1 aliphatic heterocycles. The van der Waals surface area contributed by atoms with Gasteiger partial charge in [-0.2, -0.15) is 15.5 Å². The summed E-state index contributed by atoms with van der Waals surface area (Å²) in [7, 11) is 0. The maximum absolute atomic E-state index is 8.84. The van der Waals surface area contributed by atoms with Crippen molar-refractivity contribution < 1.29 is 0 Å². The number of rotatable bonds is 0. The van der Waals surface area contributed by atoms with Crippen LogP contribution < -0.4 is 0 Å². The zero-order chi connectivity index (χ0) is 11.0. The Balaban J connectivity index is 2.40. The highest BCUT2D eigenvalue weighted by Gasteiger charge is 2.04. The van der Waals surface area contributed by atoms with Crippen molar-refractivity contribution in [3.63, 3.8) is 0 Å². The second-order valence-electron chi connectivity index (χ2n) is 3.62. The molecule has 0 saturated carbocycles. The van der Waals surface area contributed by atoms with E-state index in [2.05, 4.69) is 16.3 Å². The van der Waals surface area contributed by atoms with Crippen LogP contribution in [0.25, 0.3) is 22.0 Å². The van der Waals surface area contributed by atoms with Crippen LogP contribution in [0.2, 0.25) is 0 Å². The van der Waals surface area contributed by atoms with Crippen molar-refractivity contribution in [3.05, 3.63) is 48.2 Å². The third kappa shape index (κ3) is 1.29. The molecular weight excluding hydrogens is 198 g/mol. The quantitative estimate of drug-likeness (QED) is 0.566. The van der Waals surface area contributed by atoms with E-state index in [1.807, 2.05) is 36.4 Å². The van der Waals surface area contributed by atoms with Gasteiger partial charge in [-0.15, -0.1) is 0 Å². The SMILES string of the molecule is N#Cc1ccc2cc3nncc-3ccc2c1. The first-order chi connectivity index (χ1) is 7.86. The van der Waals surface area contributed by atoms with Crippen molar-refractivity contribution in [2.24, 2.45) is 0 Å². The standard InChI is InChI=1S/C13H7N3/c14-7-9-1-2-11-6-13-12(8-15-16-13)4-3-10(11)5-9/h1-6,8H. The second-order valence-corrected chi connectivity index (χ2v) is 3.62. The van der Waals surface area contributed by atoms with E-state index < -0.39 is 0 Å². The van der Waals surface area contributed by atoms with Gasteiger partial charge in [0.25, 0.3) is 0 Å². The third-order valence-corrected chi connectivity index (χ3v) is 2.61. The van der Waals surface area contributed by atoms with Gasteiger partial charge in [0.1, 0.15) is 0 Å². The lowest BCUT2D eigenvalue weighted by atomic mass is 10.1. The first-order valence-electron chi connectivity index (χ1n) is 4.92. The molecule has 3 rings (SSSR count). The number of hydrogen-bond acceptors (Lipinski definition) is 3. The summed E-state index contributed by atoms with van der Waals surface area (Å²) in [6.07, 6.45) is 1.74. The highest BCUT2D eigenvalue weighted by Crippen LogP contribution is 2.23. The molecule has 0 aromatic heterocycles. The number of fused-ring (bicyclic) bond motifs is 2. The summed E-state index contributed by atoms with van der Waals surface area (Å²) in [5, 5.41) is 18.8. The van der Waals surface area contributed by atoms with Crippen LogP contribution in [-0.4, -0.2) is 10.2 Å². The summed E-state index contributed by atoms with van der Waals surface area (Å²) >= 11 is 0. The molecule has 0 spiro atoms. The molecule has 3 nitrogen and oxygen atoms in total. The van der Waals surface area contributed by atoms with Crippen LogP contribution in [-0.2, 0) is 0 Å². The normalized spacial score (nSPS) is 10.4. The lowest BCUT2D eigenvalue weighted by molar-refractivity contribution is 1.10. The van der Waals surface area contributed by atoms with E-state index in [4.69, 9.17) is 5.26 Å². The van der Waals surface area contributed by atoms with Crippen LogP contribution in [0.4, 0.5) is 0 Å². The van der Waals surface area contributed by atoms with E-state index in [0.717, 1.165) is 22.0 Å². The maximum atomic E-state index is 8.84. The molecule has 0 bridgehead atoms. The Morgan fingerprint density at radius 3 is 2.69 bits per heavy atom. The maximum Gasteiger partial charge on any atom is 0.0991 e. The topological polar surface area (TPSA) is 49.6 Å². The Labute approximate surface area is 92.3 Å². The molecule has 0 amide bonds. The second kappa shape index (κ2) is 3.28. The van der Waals surface area contributed by atoms with Crippen LogP contribution in [0.3, 0.4) is 0 Å². The molecule has 0 atom stereocenters. The van der Waals surface area contributed by atoms with Gasteiger partial charge in [-0.05, 0) is 29.0 Å². The van der Waals surface area contributed by atoms with Crippen molar-refractivity contribution in [2.45, 2.75) is 0 Å². The molecule has 0 saturated heterocycles. The molecule has 0 unspecified atom stereocenters. The fourth-order valence-electron chi connectivity index (χ4n) is 1.76. The molecule has 74 valence electrons. The summed E-state index contributed by atoms with van der Waals surface area (Å²) in [4.78, 5) is 0. The van der Waals surface area contributed by atoms with E-state index in [-0.39, 0.29) is 0 Å². The number of benzene rings is 1. The van der Waals surface area contributed by atoms with Crippen molar-refractivity contribution in [1.29, 1.82) is 5.26 Å². The third-order valence-electron chi connectivity index (χ3n) is 2.61. The van der Waals surface area contributed by atoms with Crippen LogP contribution in [0.1, 0.15) is 5.56 Å². The molecule has 1 heterocycles. The highest BCUT2D eigenvalue weighted by molar-refractivity contribution is 5.87. The predicted molar refractivity (Wildman–Crippen MR) is 60.9 cm³/mol. The molecule has 2 aliphatic rings. The largest absolute Gasteiger partial charge is 0.192 e. The Morgan fingerprint density at radius 2 is 1.81 bits per heavy atom. The number of nitriles is 1. The Hall–Kier alpha value is -2.47. The van der Waals surface area contributed by atoms with E-state index in [0.29, 0.717) is 5.56 Å². The number of aromatic nitrogens is 2. The van der Waals surface area contributed by atoms with Gasteiger partial charge in [0.05, 0.1) is 23.5 Å². The molecule has 0 N–H and O–H groups in total. The minimum Gasteiger partial charge on any atom is -0.192 e. The summed E-state index contributed by atoms with van der Waals surface area (Å²) in [6, 6.07) is 13.7. The zero-order valence-corrected chi connectivity index (χ0v) is 8.38. The van der Waals surface area contributed by atoms with Gasteiger partial charge in [0, 0.05) is 5.56 Å². The van der Waals surface area contributed by atoms with Gasteiger partial charge in [-0.25, -0.2) is 0 Å². The van der Waals surface area contributed by atoms with Crippen LogP contribution >= 0.6 is 0 Å². The van der Waals surface area contributed by atoms with Gasteiger partial charge in [-0.3, -0.25) is 0 Å². The fraction of sp³-hybridized carbons (Fsp3) is 0. The Kier molecular flexibility index (Phi) is 1.81. The minimum atomic E-state index is 0.671. The van der Waals surface area contributed by atoms with Crippen molar-refractivity contribution in [2.75, 3.05) is 0 Å². The fourth-order valence-corrected chi connectivity index (χ4v) is 1.76. The first-order valence-corrected chi connectivity index (χ1v) is 4.92. The van der Waals surface area contributed by atoms with Gasteiger partial charge in [-0.1, -0.05) is 18.2 Å². The van der Waals surface area contributed by atoms with Crippen LogP contribution in [0, 0.1) is 11.3 Å². The average molecular weight is 205 g/mol. The lowest BCUT2D eigenvalue weighted by Crippen LogP contribution is -1.73. The average Bonchev–Trinajstić information content (AvgIpc) is 2.68. The summed E-state index contributed by atoms with van der Waals surface area (Å²) in [6.45, 7) is 0. The molecule has 1 aromatic rings. The molecule has 1 aliphatic carbocycles. The molecule has 3 heteroatoms. The van der Waals surface area contributed by atoms with Crippen LogP contribution in [0.15, 0.2) is 42.6 Å². The molecule has 0 fully saturated rings. The van der Waals surface area contributed by atoms with Gasteiger partial charge >= 0.3 is 0 Å². The highest BCUT2D eigenvalue weighted by atomic mass is 15.1. The Morgan fingerprint density at radius 1 is 1.00 bits per heavy atom. The van der Waals surface area contributed by atoms with E-state index in [1.165, 1.54) is 0 Å². The lowest BCUT2D eigenvalue weighted by Gasteiger charge is -1.92. The predicted octanol–water partition coefficient (Wildman–Crippen LogP) is 2.61. The summed E-state index contributed by atoms with van der Waals surface area (Å²) in [5.74, 6) is 0. The molecule has 16 heavy (non-hydrogen) atoms. The summed E-state index contributed by atoms with van der Waals surface area (Å²) in [5.41, 5.74) is 2.55. The molecule has 0 radical (unpaired) electrons. The minimum absolute atomic E-state index is 0.671. The molecule has 1 aromatic carbocycles. The number of nitrogens with zero attached hydrogens (tertiary/aromatic N) is 3. The molecular formula is C13H7N3. The van der Waals surface area contributed by atoms with Gasteiger partial charge in [0.15, 0.2) is 0 Å². The van der Waals surface area contributed by atoms with Crippen molar-refractivity contribution in [1.82, 2.24) is 10.2 Å². The first kappa shape index (κ1) is 8.81. The van der Waals surface area contributed by atoms with Crippen LogP contribution in [0.5, 0.6) is 0 Å². The Bertz CT molecular complexity index is 682. The zero-order valence-electron chi connectivity index (χ0n) is 8.38. The van der Waals surface area contributed by atoms with Crippen molar-refractivity contribution in [3.8, 4) is 17.3 Å². The monoisotopic (exact) mass is 205 g/mol.